The van der Waals surface area contributed by atoms with Crippen LogP contribution >= 0.6 is 0 Å². The molecule has 0 saturated carbocycles. The maximum atomic E-state index is 12.5. The summed E-state index contributed by atoms with van der Waals surface area (Å²) in [6.07, 6.45) is 0.516. The molecule has 0 bridgehead atoms. The van der Waals surface area contributed by atoms with E-state index >= 15 is 0 Å². The molecule has 0 unspecified atom stereocenters. The topological polar surface area (TPSA) is 29.5 Å². The van der Waals surface area contributed by atoms with Gasteiger partial charge in [-0.1, -0.05) is 11.6 Å². The number of aldehydes is 1. The van der Waals surface area contributed by atoms with Gasteiger partial charge < -0.3 is 9.64 Å². The molecule has 0 amide bonds. The Kier molecular flexibility index (Phi) is 5.80. The normalized spacial score (nSPS) is 15.9. The van der Waals surface area contributed by atoms with Crippen molar-refractivity contribution in [3.63, 3.8) is 0 Å². The molecule has 0 atom stereocenters. The number of likely N-dealkylation sites (N-methyl/N-ethyl adjacent to an activating group) is 1. The van der Waals surface area contributed by atoms with Gasteiger partial charge in [0.1, 0.15) is 5.82 Å². The number of carbonyl (C=O) groups excluding carboxylic acids is 1. The number of halogens is 1. The van der Waals surface area contributed by atoms with Crippen LogP contribution in [0.3, 0.4) is 0 Å². The molecule has 4 heteroatoms. The van der Waals surface area contributed by atoms with E-state index in [0.717, 1.165) is 31.9 Å². The van der Waals surface area contributed by atoms with Gasteiger partial charge in [0, 0.05) is 13.1 Å². The van der Waals surface area contributed by atoms with Gasteiger partial charge >= 0.3 is 0 Å². The first kappa shape index (κ1) is 13.8. The molecule has 0 aliphatic carbocycles. The fourth-order valence-electron chi connectivity index (χ4n) is 1.41. The van der Waals surface area contributed by atoms with Crippen LogP contribution in [-0.4, -0.2) is 44.5 Å². The van der Waals surface area contributed by atoms with Crippen LogP contribution in [0.25, 0.3) is 0 Å². The smallest absolute Gasteiger partial charge is 0.153 e. The third kappa shape index (κ3) is 5.06. The van der Waals surface area contributed by atoms with E-state index in [-0.39, 0.29) is 5.56 Å². The summed E-state index contributed by atoms with van der Waals surface area (Å²) < 4.78 is 17.6. The second-order valence-electron chi connectivity index (χ2n) is 4.06. The summed E-state index contributed by atoms with van der Waals surface area (Å²) in [7, 11) is 2.11. The predicted molar refractivity (Wildman–Crippen MR) is 64.8 cm³/mol. The van der Waals surface area contributed by atoms with E-state index in [2.05, 4.69) is 11.9 Å². The Balaban J connectivity index is 0.000000181. The zero-order valence-electron chi connectivity index (χ0n) is 10.3. The highest BCUT2D eigenvalue weighted by Gasteiger charge is 2.02. The molecule has 1 aromatic rings. The van der Waals surface area contributed by atoms with Crippen LogP contribution in [0, 0.1) is 12.7 Å². The minimum Gasteiger partial charge on any atom is -0.379 e. The van der Waals surface area contributed by atoms with Crippen molar-refractivity contribution in [3.05, 3.63) is 35.1 Å². The lowest BCUT2D eigenvalue weighted by Gasteiger charge is -2.21. The van der Waals surface area contributed by atoms with Crippen LogP contribution in [0.1, 0.15) is 15.9 Å². The van der Waals surface area contributed by atoms with Gasteiger partial charge in [0.25, 0.3) is 0 Å². The highest BCUT2D eigenvalue weighted by molar-refractivity contribution is 5.75. The van der Waals surface area contributed by atoms with Crippen molar-refractivity contribution in [3.8, 4) is 0 Å². The van der Waals surface area contributed by atoms with Crippen LogP contribution < -0.4 is 0 Å². The van der Waals surface area contributed by atoms with Gasteiger partial charge in [-0.05, 0) is 26.1 Å². The number of carbonyl (C=O) groups is 1. The number of ether oxygens (including phenoxy) is 1. The molecule has 94 valence electrons. The van der Waals surface area contributed by atoms with E-state index in [4.69, 9.17) is 4.74 Å². The Morgan fingerprint density at radius 1 is 1.35 bits per heavy atom. The molecular formula is C13H18FNO2. The Hall–Kier alpha value is -1.26. The van der Waals surface area contributed by atoms with Crippen molar-refractivity contribution in [1.29, 1.82) is 0 Å². The van der Waals surface area contributed by atoms with E-state index in [1.807, 2.05) is 6.92 Å². The average molecular weight is 239 g/mol. The van der Waals surface area contributed by atoms with Crippen molar-refractivity contribution in [2.45, 2.75) is 6.92 Å². The van der Waals surface area contributed by atoms with Gasteiger partial charge in [0.15, 0.2) is 6.29 Å². The monoisotopic (exact) mass is 239 g/mol. The number of nitrogens with zero attached hydrogens (tertiary/aromatic N) is 1. The quantitative estimate of drug-likeness (QED) is 0.701. The number of rotatable bonds is 1. The van der Waals surface area contributed by atoms with Crippen LogP contribution in [0.2, 0.25) is 0 Å². The first-order chi connectivity index (χ1) is 8.13. The Labute approximate surface area is 101 Å². The van der Waals surface area contributed by atoms with E-state index < -0.39 is 5.82 Å². The Bertz CT molecular complexity index is 362. The van der Waals surface area contributed by atoms with Crippen LogP contribution in [0.4, 0.5) is 4.39 Å². The zero-order valence-corrected chi connectivity index (χ0v) is 10.3. The van der Waals surface area contributed by atoms with E-state index in [9.17, 15) is 9.18 Å². The molecule has 0 radical (unpaired) electrons. The summed E-state index contributed by atoms with van der Waals surface area (Å²) in [5.41, 5.74) is 1.02. The van der Waals surface area contributed by atoms with Crippen molar-refractivity contribution in [2.75, 3.05) is 33.4 Å². The maximum Gasteiger partial charge on any atom is 0.153 e. The van der Waals surface area contributed by atoms with Crippen molar-refractivity contribution in [2.24, 2.45) is 0 Å². The van der Waals surface area contributed by atoms with Crippen molar-refractivity contribution >= 4 is 6.29 Å². The predicted octanol–water partition coefficient (Wildman–Crippen LogP) is 1.90. The minimum atomic E-state index is -0.458. The highest BCUT2D eigenvalue weighted by atomic mass is 19.1. The first-order valence-corrected chi connectivity index (χ1v) is 5.61. The maximum absolute atomic E-state index is 12.5. The average Bonchev–Trinajstić information content (AvgIpc) is 2.34. The fraction of sp³-hybridized carbons (Fsp3) is 0.462. The molecule has 1 aliphatic rings. The zero-order chi connectivity index (χ0) is 12.7. The second-order valence-corrected chi connectivity index (χ2v) is 4.06. The Morgan fingerprint density at radius 3 is 2.41 bits per heavy atom. The summed E-state index contributed by atoms with van der Waals surface area (Å²) in [6.45, 7) is 5.83. The second kappa shape index (κ2) is 7.14. The molecule has 0 aromatic heterocycles. The van der Waals surface area contributed by atoms with Gasteiger partial charge in [0.2, 0.25) is 0 Å². The third-order valence-corrected chi connectivity index (χ3v) is 2.51. The SMILES string of the molecule is CN1CCOCC1.Cc1ccc(F)c(C=O)c1. The van der Waals surface area contributed by atoms with Gasteiger partial charge in [-0.2, -0.15) is 0 Å². The molecule has 1 fully saturated rings. The van der Waals surface area contributed by atoms with Crippen molar-refractivity contribution in [1.82, 2.24) is 4.90 Å². The van der Waals surface area contributed by atoms with E-state index in [0.29, 0.717) is 6.29 Å². The standard InChI is InChI=1S/C8H7FO.C5H11NO/c1-6-2-3-8(9)7(4-6)5-10;1-6-2-4-7-5-3-6/h2-5H,1H3;2-5H2,1H3. The van der Waals surface area contributed by atoms with Crippen LogP contribution in [0.15, 0.2) is 18.2 Å². The minimum absolute atomic E-state index is 0.125. The molecule has 17 heavy (non-hydrogen) atoms. The van der Waals surface area contributed by atoms with Gasteiger partial charge in [-0.15, -0.1) is 0 Å². The van der Waals surface area contributed by atoms with Gasteiger partial charge in [-0.25, -0.2) is 4.39 Å². The number of aryl methyl sites for hydroxylation is 1. The number of morpholine rings is 1. The summed E-state index contributed by atoms with van der Waals surface area (Å²) in [5.74, 6) is -0.458. The summed E-state index contributed by atoms with van der Waals surface area (Å²) in [5, 5.41) is 0. The molecule has 1 aromatic carbocycles. The molecule has 0 N–H and O–H groups in total. The van der Waals surface area contributed by atoms with Crippen LogP contribution in [-0.2, 0) is 4.74 Å². The van der Waals surface area contributed by atoms with Crippen LogP contribution in [0.5, 0.6) is 0 Å². The third-order valence-electron chi connectivity index (χ3n) is 2.51. The van der Waals surface area contributed by atoms with Crippen molar-refractivity contribution < 1.29 is 13.9 Å². The lowest BCUT2D eigenvalue weighted by atomic mass is 10.1. The molecule has 1 aliphatic heterocycles. The highest BCUT2D eigenvalue weighted by Crippen LogP contribution is 2.06. The first-order valence-electron chi connectivity index (χ1n) is 5.61. The lowest BCUT2D eigenvalue weighted by molar-refractivity contribution is 0.0503. The van der Waals surface area contributed by atoms with E-state index in [1.165, 1.54) is 12.1 Å². The van der Waals surface area contributed by atoms with Gasteiger partial charge in [-0.3, -0.25) is 4.79 Å². The fourth-order valence-corrected chi connectivity index (χ4v) is 1.41. The molecule has 1 saturated heterocycles. The number of benzene rings is 1. The molecule has 3 nitrogen and oxygen atoms in total. The number of hydrogen-bond donors (Lipinski definition) is 0. The summed E-state index contributed by atoms with van der Waals surface area (Å²) >= 11 is 0. The lowest BCUT2D eigenvalue weighted by Crippen LogP contribution is -2.32. The molecule has 1 heterocycles. The van der Waals surface area contributed by atoms with E-state index in [1.54, 1.807) is 6.07 Å². The summed E-state index contributed by atoms with van der Waals surface area (Å²) in [6, 6.07) is 4.43. The number of hydrogen-bond acceptors (Lipinski definition) is 3. The Morgan fingerprint density at radius 2 is 2.00 bits per heavy atom. The van der Waals surface area contributed by atoms with Gasteiger partial charge in [0.05, 0.1) is 18.8 Å². The molecular weight excluding hydrogens is 221 g/mol. The molecule has 0 spiro atoms. The molecule has 2 rings (SSSR count). The summed E-state index contributed by atoms with van der Waals surface area (Å²) in [4.78, 5) is 12.4. The largest absolute Gasteiger partial charge is 0.379 e.